The summed E-state index contributed by atoms with van der Waals surface area (Å²) in [5.74, 6) is 1.62. The molecule has 1 N–H and O–H groups in total. The zero-order valence-electron chi connectivity index (χ0n) is 18.6. The smallest absolute Gasteiger partial charge is 0.227 e. The van der Waals surface area contributed by atoms with Gasteiger partial charge in [-0.25, -0.2) is 15.0 Å². The van der Waals surface area contributed by atoms with Crippen molar-refractivity contribution in [2.24, 2.45) is 0 Å². The highest BCUT2D eigenvalue weighted by atomic mass is 15.3. The van der Waals surface area contributed by atoms with Gasteiger partial charge in [0.25, 0.3) is 0 Å². The van der Waals surface area contributed by atoms with Gasteiger partial charge in [0, 0.05) is 63.6 Å². The van der Waals surface area contributed by atoms with E-state index in [2.05, 4.69) is 67.5 Å². The van der Waals surface area contributed by atoms with E-state index >= 15 is 0 Å². The molecule has 6 rings (SSSR count). The van der Waals surface area contributed by atoms with Crippen molar-refractivity contribution in [3.8, 4) is 0 Å². The largest absolute Gasteiger partial charge is 0.354 e. The molecule has 4 aromatic rings. The first-order valence-corrected chi connectivity index (χ1v) is 11.3. The van der Waals surface area contributed by atoms with Crippen LogP contribution in [-0.2, 0) is 6.42 Å². The fourth-order valence-corrected chi connectivity index (χ4v) is 4.50. The van der Waals surface area contributed by atoms with Crippen molar-refractivity contribution in [2.75, 3.05) is 43.4 Å². The molecule has 33 heavy (non-hydrogen) atoms. The average Bonchev–Trinajstić information content (AvgIpc) is 3.28. The van der Waals surface area contributed by atoms with Crippen LogP contribution in [0.25, 0.3) is 16.3 Å². The SMILES string of the molecule is CN1CCN(c2ccc(Nc3ncc4c(n3)CC=C4c3ccc4cnccc4c3)cn2)CC1.[HH]. The highest BCUT2D eigenvalue weighted by Gasteiger charge is 2.19. The van der Waals surface area contributed by atoms with E-state index in [0.29, 0.717) is 5.95 Å². The molecule has 0 bridgehead atoms. The second kappa shape index (κ2) is 8.26. The van der Waals surface area contributed by atoms with Gasteiger partial charge in [-0.2, -0.15) is 0 Å². The summed E-state index contributed by atoms with van der Waals surface area (Å²) < 4.78 is 0. The van der Waals surface area contributed by atoms with Crippen LogP contribution in [0.3, 0.4) is 0 Å². The third kappa shape index (κ3) is 3.91. The minimum Gasteiger partial charge on any atom is -0.354 e. The van der Waals surface area contributed by atoms with Gasteiger partial charge >= 0.3 is 0 Å². The summed E-state index contributed by atoms with van der Waals surface area (Å²) in [4.78, 5) is 22.9. The molecule has 4 heterocycles. The van der Waals surface area contributed by atoms with Gasteiger partial charge in [-0.15, -0.1) is 0 Å². The third-order valence-corrected chi connectivity index (χ3v) is 6.44. The number of nitrogens with zero attached hydrogens (tertiary/aromatic N) is 6. The van der Waals surface area contributed by atoms with Crippen molar-refractivity contribution >= 4 is 33.8 Å². The summed E-state index contributed by atoms with van der Waals surface area (Å²) in [6.45, 7) is 4.15. The Bertz CT molecular complexity index is 1350. The maximum absolute atomic E-state index is 4.78. The summed E-state index contributed by atoms with van der Waals surface area (Å²) >= 11 is 0. The lowest BCUT2D eigenvalue weighted by Crippen LogP contribution is -2.44. The first-order valence-electron chi connectivity index (χ1n) is 11.3. The molecule has 0 unspecified atom stereocenters. The number of hydrogen-bond acceptors (Lipinski definition) is 7. The first-order chi connectivity index (χ1) is 16.2. The molecule has 0 radical (unpaired) electrons. The maximum atomic E-state index is 4.78. The number of rotatable bonds is 4. The number of allylic oxidation sites excluding steroid dienone is 1. The number of pyridine rings is 2. The lowest BCUT2D eigenvalue weighted by molar-refractivity contribution is 0.312. The Morgan fingerprint density at radius 1 is 0.909 bits per heavy atom. The third-order valence-electron chi connectivity index (χ3n) is 6.44. The van der Waals surface area contributed by atoms with E-state index in [1.165, 1.54) is 16.5 Å². The highest BCUT2D eigenvalue weighted by Crippen LogP contribution is 2.33. The van der Waals surface area contributed by atoms with Gasteiger partial charge < -0.3 is 15.1 Å². The maximum Gasteiger partial charge on any atom is 0.227 e. The van der Waals surface area contributed by atoms with Crippen LogP contribution in [0.15, 0.2) is 67.3 Å². The van der Waals surface area contributed by atoms with E-state index in [1.807, 2.05) is 36.9 Å². The Labute approximate surface area is 194 Å². The van der Waals surface area contributed by atoms with Crippen LogP contribution in [-0.4, -0.2) is 58.1 Å². The number of fused-ring (bicyclic) bond motifs is 2. The average molecular weight is 438 g/mol. The summed E-state index contributed by atoms with van der Waals surface area (Å²) in [5.41, 5.74) is 5.40. The molecular weight excluding hydrogens is 410 g/mol. The van der Waals surface area contributed by atoms with Crippen molar-refractivity contribution in [3.05, 3.63) is 84.1 Å². The van der Waals surface area contributed by atoms with E-state index in [9.17, 15) is 0 Å². The number of likely N-dealkylation sites (N-methyl/N-ethyl adjacent to an activating group) is 1. The molecule has 0 amide bonds. The van der Waals surface area contributed by atoms with Crippen LogP contribution in [0.5, 0.6) is 0 Å². The molecule has 7 heteroatoms. The van der Waals surface area contributed by atoms with Gasteiger partial charge in [-0.1, -0.05) is 18.2 Å². The zero-order chi connectivity index (χ0) is 22.2. The van der Waals surface area contributed by atoms with E-state index in [4.69, 9.17) is 4.98 Å². The first kappa shape index (κ1) is 19.8. The lowest BCUT2D eigenvalue weighted by atomic mass is 10.00. The van der Waals surface area contributed by atoms with Gasteiger partial charge in [-0.05, 0) is 47.8 Å². The van der Waals surface area contributed by atoms with Crippen molar-refractivity contribution in [2.45, 2.75) is 6.42 Å². The predicted molar refractivity (Wildman–Crippen MR) is 134 cm³/mol. The topological polar surface area (TPSA) is 70.1 Å². The highest BCUT2D eigenvalue weighted by molar-refractivity contribution is 5.90. The van der Waals surface area contributed by atoms with Crippen LogP contribution in [0.2, 0.25) is 0 Å². The Morgan fingerprint density at radius 2 is 1.82 bits per heavy atom. The molecule has 7 nitrogen and oxygen atoms in total. The Hall–Kier alpha value is -3.84. The fraction of sp³-hybridized carbons (Fsp3) is 0.231. The molecular formula is C26H27N7. The minimum absolute atomic E-state index is 0. The second-order valence-electron chi connectivity index (χ2n) is 8.63. The van der Waals surface area contributed by atoms with Crippen molar-refractivity contribution in [1.29, 1.82) is 0 Å². The number of aromatic nitrogens is 4. The molecule has 166 valence electrons. The van der Waals surface area contributed by atoms with Gasteiger partial charge in [0.1, 0.15) is 5.82 Å². The van der Waals surface area contributed by atoms with Crippen LogP contribution in [0, 0.1) is 0 Å². The molecule has 1 aromatic carbocycles. The predicted octanol–water partition coefficient (Wildman–Crippen LogP) is 4.15. The molecule has 1 aliphatic heterocycles. The van der Waals surface area contributed by atoms with E-state index in [-0.39, 0.29) is 1.43 Å². The minimum atomic E-state index is 0. The standard InChI is InChI=1S/C26H25N7.H2/c1-32-10-12-33(13-11-32)25-7-4-21(16-28-25)30-26-29-17-23-22(5-6-24(23)31-26)19-2-3-20-15-27-9-8-18(20)14-19;/h2-5,7-9,14-17H,6,10-13H2,1H3,(H,29,30,31);1H. The number of anilines is 3. The van der Waals surface area contributed by atoms with Crippen LogP contribution in [0.1, 0.15) is 18.2 Å². The Morgan fingerprint density at radius 3 is 2.67 bits per heavy atom. The monoisotopic (exact) mass is 437 g/mol. The van der Waals surface area contributed by atoms with Gasteiger partial charge in [-0.3, -0.25) is 4.98 Å². The van der Waals surface area contributed by atoms with Crippen molar-refractivity contribution < 1.29 is 1.43 Å². The number of piperazine rings is 1. The van der Waals surface area contributed by atoms with Crippen molar-refractivity contribution in [1.82, 2.24) is 24.8 Å². The molecule has 0 saturated carbocycles. The lowest BCUT2D eigenvalue weighted by Gasteiger charge is -2.33. The van der Waals surface area contributed by atoms with Crippen LogP contribution in [0.4, 0.5) is 17.5 Å². The van der Waals surface area contributed by atoms with Gasteiger partial charge in [0.2, 0.25) is 5.95 Å². The second-order valence-corrected chi connectivity index (χ2v) is 8.63. The quantitative estimate of drug-likeness (QED) is 0.514. The number of nitrogens with one attached hydrogen (secondary N) is 1. The Kier molecular flexibility index (Phi) is 4.96. The van der Waals surface area contributed by atoms with E-state index < -0.39 is 0 Å². The zero-order valence-corrected chi connectivity index (χ0v) is 18.6. The molecule has 0 spiro atoms. The number of hydrogen-bond donors (Lipinski definition) is 1. The molecule has 1 fully saturated rings. The summed E-state index contributed by atoms with van der Waals surface area (Å²) in [5, 5.41) is 5.63. The molecule has 1 aliphatic carbocycles. The molecule has 3 aromatic heterocycles. The van der Waals surface area contributed by atoms with E-state index in [0.717, 1.165) is 60.7 Å². The van der Waals surface area contributed by atoms with Crippen LogP contribution < -0.4 is 10.2 Å². The molecule has 0 atom stereocenters. The Balaban J connectivity index is 0.00000241. The summed E-state index contributed by atoms with van der Waals surface area (Å²) in [7, 11) is 2.16. The van der Waals surface area contributed by atoms with Crippen molar-refractivity contribution in [3.63, 3.8) is 0 Å². The number of benzene rings is 1. The summed E-state index contributed by atoms with van der Waals surface area (Å²) in [6.07, 6.45) is 10.5. The molecule has 1 saturated heterocycles. The van der Waals surface area contributed by atoms with Gasteiger partial charge in [0.15, 0.2) is 0 Å². The normalized spacial score (nSPS) is 16.0. The molecule has 2 aliphatic rings. The van der Waals surface area contributed by atoms with E-state index in [1.54, 1.807) is 0 Å². The van der Waals surface area contributed by atoms with Gasteiger partial charge in [0.05, 0.1) is 17.6 Å². The van der Waals surface area contributed by atoms with Crippen LogP contribution >= 0.6 is 0 Å². The fourth-order valence-electron chi connectivity index (χ4n) is 4.50. The summed E-state index contributed by atoms with van der Waals surface area (Å²) in [6, 6.07) is 12.6.